The molecule has 1 aliphatic heterocycles. The Kier molecular flexibility index (Phi) is 7.01. The minimum atomic E-state index is -0.895. The van der Waals surface area contributed by atoms with E-state index in [0.717, 1.165) is 48.7 Å². The number of nitrogens with one attached hydrogen (secondary N) is 1. The maximum absolute atomic E-state index is 11.4. The number of nitrogens with zero attached hydrogens (tertiary/aromatic N) is 5. The summed E-state index contributed by atoms with van der Waals surface area (Å²) in [4.78, 5) is 26.9. The van der Waals surface area contributed by atoms with Crippen LogP contribution in [0.1, 0.15) is 41.7 Å². The summed E-state index contributed by atoms with van der Waals surface area (Å²) >= 11 is 0. The zero-order chi connectivity index (χ0) is 23.2. The third-order valence-electron chi connectivity index (χ3n) is 5.71. The Hall–Kier alpha value is -3.69. The van der Waals surface area contributed by atoms with Crippen molar-refractivity contribution in [3.8, 4) is 5.88 Å². The molecule has 0 spiro atoms. The number of hydrogen-bond donors (Lipinski definition) is 2. The lowest BCUT2D eigenvalue weighted by Crippen LogP contribution is -2.31. The molecule has 4 heterocycles. The molecular weight excluding hydrogens is 424 g/mol. The number of methoxy groups -OCH3 is 1. The first kappa shape index (κ1) is 22.5. The normalized spacial score (nSPS) is 13.8. The smallest absolute Gasteiger partial charge is 0.303 e. The predicted octanol–water partition coefficient (Wildman–Crippen LogP) is 2.71. The molecule has 174 valence electrons. The summed E-state index contributed by atoms with van der Waals surface area (Å²) in [5, 5.41) is 16.7. The van der Waals surface area contributed by atoms with Crippen molar-refractivity contribution in [1.29, 1.82) is 0 Å². The number of ether oxygens (including phenoxy) is 1. The van der Waals surface area contributed by atoms with Gasteiger partial charge in [0.1, 0.15) is 5.82 Å². The lowest BCUT2D eigenvalue weighted by atomic mass is 9.94. The van der Waals surface area contributed by atoms with Crippen molar-refractivity contribution in [2.45, 2.75) is 38.0 Å². The van der Waals surface area contributed by atoms with Crippen LogP contribution in [0.15, 0.2) is 35.0 Å². The van der Waals surface area contributed by atoms with E-state index >= 15 is 0 Å². The molecule has 0 saturated heterocycles. The Morgan fingerprint density at radius 2 is 2.15 bits per heavy atom. The number of anilines is 2. The summed E-state index contributed by atoms with van der Waals surface area (Å²) < 4.78 is 10.5. The van der Waals surface area contributed by atoms with Gasteiger partial charge in [-0.25, -0.2) is 9.97 Å². The number of carboxylic acid groups (broad SMARTS) is 1. The van der Waals surface area contributed by atoms with E-state index in [-0.39, 0.29) is 12.3 Å². The van der Waals surface area contributed by atoms with Crippen molar-refractivity contribution >= 4 is 17.5 Å². The fourth-order valence-corrected chi connectivity index (χ4v) is 3.92. The summed E-state index contributed by atoms with van der Waals surface area (Å²) in [6, 6.07) is 7.69. The van der Waals surface area contributed by atoms with Gasteiger partial charge in [0.15, 0.2) is 5.82 Å². The van der Waals surface area contributed by atoms with Gasteiger partial charge < -0.3 is 24.6 Å². The zero-order valence-electron chi connectivity index (χ0n) is 18.8. The number of aromatic nitrogens is 4. The number of carboxylic acids is 1. The molecule has 33 heavy (non-hydrogen) atoms. The van der Waals surface area contributed by atoms with E-state index in [1.807, 2.05) is 6.07 Å². The van der Waals surface area contributed by atoms with Gasteiger partial charge in [-0.3, -0.25) is 4.79 Å². The average molecular weight is 453 g/mol. The van der Waals surface area contributed by atoms with Crippen LogP contribution in [-0.4, -0.2) is 58.4 Å². The number of aliphatic carboxylic acids is 1. The molecule has 0 aliphatic carbocycles. The summed E-state index contributed by atoms with van der Waals surface area (Å²) in [6.45, 7) is 1.86. The highest BCUT2D eigenvalue weighted by atomic mass is 16.5. The molecule has 0 radical (unpaired) electrons. The number of likely N-dealkylation sites (N-methyl/N-ethyl adjacent to an activating group) is 1. The maximum atomic E-state index is 11.4. The molecule has 1 atom stereocenters. The summed E-state index contributed by atoms with van der Waals surface area (Å²) in [5.41, 5.74) is 2.93. The molecule has 0 aromatic carbocycles. The predicted molar refractivity (Wildman–Crippen MR) is 122 cm³/mol. The molecule has 3 aromatic heterocycles. The van der Waals surface area contributed by atoms with Gasteiger partial charge in [0.25, 0.3) is 0 Å². The lowest BCUT2D eigenvalue weighted by molar-refractivity contribution is -0.137. The molecule has 2 N–H and O–H groups in total. The van der Waals surface area contributed by atoms with E-state index in [4.69, 9.17) is 14.2 Å². The van der Waals surface area contributed by atoms with Crippen molar-refractivity contribution in [1.82, 2.24) is 20.1 Å². The summed E-state index contributed by atoms with van der Waals surface area (Å²) in [7, 11) is 3.61. The highest BCUT2D eigenvalue weighted by Crippen LogP contribution is 2.27. The van der Waals surface area contributed by atoms with Crippen LogP contribution in [0.2, 0.25) is 0 Å². The topological polar surface area (TPSA) is 126 Å². The van der Waals surface area contributed by atoms with Gasteiger partial charge in [0.2, 0.25) is 11.8 Å². The van der Waals surface area contributed by atoms with Gasteiger partial charge in [-0.15, -0.1) is 0 Å². The van der Waals surface area contributed by atoms with Crippen molar-refractivity contribution in [2.75, 3.05) is 37.5 Å². The molecule has 10 nitrogen and oxygen atoms in total. The number of carbonyl (C=O) groups is 1. The fraction of sp³-hybridized carbons (Fsp3) is 0.435. The van der Waals surface area contributed by atoms with Gasteiger partial charge in [-0.2, -0.15) is 4.98 Å². The van der Waals surface area contributed by atoms with Gasteiger partial charge in [0.05, 0.1) is 19.2 Å². The third kappa shape index (κ3) is 5.76. The van der Waals surface area contributed by atoms with E-state index in [1.165, 1.54) is 7.11 Å². The van der Waals surface area contributed by atoms with Crippen molar-refractivity contribution in [3.63, 3.8) is 0 Å². The van der Waals surface area contributed by atoms with Gasteiger partial charge in [0, 0.05) is 56.9 Å². The van der Waals surface area contributed by atoms with Gasteiger partial charge >= 0.3 is 5.97 Å². The zero-order valence-corrected chi connectivity index (χ0v) is 18.8. The Morgan fingerprint density at radius 1 is 1.27 bits per heavy atom. The highest BCUT2D eigenvalue weighted by Gasteiger charge is 2.21. The van der Waals surface area contributed by atoms with Crippen LogP contribution in [0.3, 0.4) is 0 Å². The van der Waals surface area contributed by atoms with Crippen LogP contribution < -0.4 is 15.0 Å². The molecule has 10 heteroatoms. The second-order valence-electron chi connectivity index (χ2n) is 8.11. The van der Waals surface area contributed by atoms with Crippen molar-refractivity contribution < 1.29 is 19.2 Å². The number of pyridine rings is 2. The van der Waals surface area contributed by atoms with Crippen LogP contribution in [0.4, 0.5) is 11.5 Å². The standard InChI is InChI=1S/C23H28N6O4/c1-29-11-10-24-23-18(29)8-7-17(26-23)4-3-5-19-27-21(33-28-19)12-16(13-22(30)31)15-6-9-20(32-2)25-14-15/h6-9,14,16H,3-5,10-13H2,1-2H3,(H,24,26)(H,30,31). The second kappa shape index (κ2) is 10.3. The first-order valence-electron chi connectivity index (χ1n) is 11.0. The largest absolute Gasteiger partial charge is 0.481 e. The summed E-state index contributed by atoms with van der Waals surface area (Å²) in [5.74, 6) is 1.23. The van der Waals surface area contributed by atoms with Crippen LogP contribution in [-0.2, 0) is 24.1 Å². The van der Waals surface area contributed by atoms with Crippen LogP contribution in [0.5, 0.6) is 5.88 Å². The molecule has 0 fully saturated rings. The number of rotatable bonds is 10. The Bertz CT molecular complexity index is 1080. The molecule has 1 aliphatic rings. The van der Waals surface area contributed by atoms with Crippen molar-refractivity contribution in [2.24, 2.45) is 0 Å². The van der Waals surface area contributed by atoms with E-state index in [9.17, 15) is 9.90 Å². The molecule has 0 amide bonds. The molecule has 0 bridgehead atoms. The van der Waals surface area contributed by atoms with E-state index in [0.29, 0.717) is 30.4 Å². The monoisotopic (exact) mass is 452 g/mol. The van der Waals surface area contributed by atoms with E-state index in [2.05, 4.69) is 44.5 Å². The van der Waals surface area contributed by atoms with Gasteiger partial charge in [-0.05, 0) is 30.5 Å². The molecule has 3 aromatic rings. The molecular formula is C23H28N6O4. The second-order valence-corrected chi connectivity index (χ2v) is 8.11. The van der Waals surface area contributed by atoms with Crippen LogP contribution in [0.25, 0.3) is 0 Å². The third-order valence-corrected chi connectivity index (χ3v) is 5.71. The van der Waals surface area contributed by atoms with Crippen LogP contribution >= 0.6 is 0 Å². The first-order valence-corrected chi connectivity index (χ1v) is 11.0. The SMILES string of the molecule is COc1ccc(C(CC(=O)O)Cc2nc(CCCc3ccc4c(n3)NCCN4C)no2)cn1. The van der Waals surface area contributed by atoms with E-state index in [1.54, 1.807) is 12.3 Å². The molecule has 1 unspecified atom stereocenters. The fourth-order valence-electron chi connectivity index (χ4n) is 3.92. The Morgan fingerprint density at radius 3 is 2.91 bits per heavy atom. The van der Waals surface area contributed by atoms with Crippen molar-refractivity contribution in [3.05, 3.63) is 53.4 Å². The van der Waals surface area contributed by atoms with Crippen LogP contribution in [0, 0.1) is 0 Å². The maximum Gasteiger partial charge on any atom is 0.303 e. The first-order chi connectivity index (χ1) is 16.0. The van der Waals surface area contributed by atoms with Gasteiger partial charge in [-0.1, -0.05) is 11.2 Å². The Labute approximate surface area is 192 Å². The number of fused-ring (bicyclic) bond motifs is 1. The lowest BCUT2D eigenvalue weighted by Gasteiger charge is -2.27. The summed E-state index contributed by atoms with van der Waals surface area (Å²) in [6.07, 6.45) is 4.20. The number of hydrogen-bond acceptors (Lipinski definition) is 9. The minimum absolute atomic E-state index is 0.0566. The highest BCUT2D eigenvalue weighted by molar-refractivity contribution is 5.68. The molecule has 4 rings (SSSR count). The number of aryl methyl sites for hydroxylation is 2. The van der Waals surface area contributed by atoms with E-state index < -0.39 is 5.97 Å². The quantitative estimate of drug-likeness (QED) is 0.474. The Balaban J connectivity index is 1.34. The molecule has 0 saturated carbocycles. The average Bonchev–Trinajstić information content (AvgIpc) is 3.26. The minimum Gasteiger partial charge on any atom is -0.481 e.